The molecule has 2 aromatic rings. The predicted octanol–water partition coefficient (Wildman–Crippen LogP) is 4.72. The van der Waals surface area contributed by atoms with Gasteiger partial charge in [0.25, 0.3) is 11.8 Å². The lowest BCUT2D eigenvalue weighted by atomic mass is 9.83. The first kappa shape index (κ1) is 27.4. The number of anilines is 1. The van der Waals surface area contributed by atoms with E-state index in [1.807, 2.05) is 19.9 Å². The summed E-state index contributed by atoms with van der Waals surface area (Å²) in [4.78, 5) is 37.8. The number of carbonyl (C=O) groups excluding carboxylic acids is 2. The number of carbonyl (C=O) groups is 2. The van der Waals surface area contributed by atoms with Crippen molar-refractivity contribution in [3.05, 3.63) is 28.5 Å². The molecule has 0 aromatic carbocycles. The van der Waals surface area contributed by atoms with Crippen LogP contribution >= 0.6 is 11.3 Å². The van der Waals surface area contributed by atoms with Crippen LogP contribution in [0.3, 0.4) is 0 Å². The van der Waals surface area contributed by atoms with Crippen molar-refractivity contribution in [3.8, 4) is 10.4 Å². The Morgan fingerprint density at radius 2 is 2.05 bits per heavy atom. The van der Waals surface area contributed by atoms with Crippen LogP contribution < -0.4 is 10.6 Å². The Morgan fingerprint density at radius 1 is 1.30 bits per heavy atom. The van der Waals surface area contributed by atoms with Crippen LogP contribution in [0.1, 0.15) is 92.1 Å². The lowest BCUT2D eigenvalue weighted by molar-refractivity contribution is 0.0692. The highest BCUT2D eigenvalue weighted by atomic mass is 32.1. The fourth-order valence-corrected chi connectivity index (χ4v) is 6.10. The Bertz CT molecular complexity index is 1160. The van der Waals surface area contributed by atoms with Crippen molar-refractivity contribution in [1.29, 1.82) is 0 Å². The molecule has 0 spiro atoms. The van der Waals surface area contributed by atoms with Gasteiger partial charge in [-0.25, -0.2) is 14.4 Å². The van der Waals surface area contributed by atoms with E-state index in [0.717, 1.165) is 49.0 Å². The maximum absolute atomic E-state index is 15.0. The highest BCUT2D eigenvalue weighted by Gasteiger charge is 2.37. The Labute approximate surface area is 222 Å². The molecule has 3 heterocycles. The number of amides is 2. The average Bonchev–Trinajstić information content (AvgIpc) is 3.45. The number of halogens is 1. The number of nitrogens with one attached hydrogen (secondary N) is 2. The summed E-state index contributed by atoms with van der Waals surface area (Å²) in [6, 6.07) is 1.66. The molecule has 1 aliphatic carbocycles. The van der Waals surface area contributed by atoms with Gasteiger partial charge in [0.1, 0.15) is 17.2 Å². The summed E-state index contributed by atoms with van der Waals surface area (Å²) in [7, 11) is 0. The van der Waals surface area contributed by atoms with Gasteiger partial charge in [-0.1, -0.05) is 12.8 Å². The number of rotatable bonds is 7. The number of nitrogens with zero attached hydrogens (tertiary/aromatic N) is 3. The zero-order valence-corrected chi connectivity index (χ0v) is 23.2. The molecule has 2 aromatic heterocycles. The summed E-state index contributed by atoms with van der Waals surface area (Å²) in [5, 5.41) is 16.1. The summed E-state index contributed by atoms with van der Waals surface area (Å²) in [6.45, 7) is 9.50. The van der Waals surface area contributed by atoms with Crippen LogP contribution in [0.2, 0.25) is 0 Å². The van der Waals surface area contributed by atoms with Crippen molar-refractivity contribution < 1.29 is 19.1 Å². The number of hydrogen-bond acceptors (Lipinski definition) is 7. The number of thiazole rings is 1. The van der Waals surface area contributed by atoms with E-state index in [1.165, 1.54) is 0 Å². The molecule has 1 saturated heterocycles. The number of likely N-dealkylation sites (tertiary alicyclic amines) is 1. The molecule has 2 fully saturated rings. The average molecular weight is 532 g/mol. The number of aromatic nitrogens is 2. The lowest BCUT2D eigenvalue weighted by Crippen LogP contribution is -2.43. The number of aliphatic hydroxyl groups is 1. The first-order chi connectivity index (χ1) is 17.4. The number of alkyl halides is 1. The molecule has 0 radical (unpaired) electrons. The van der Waals surface area contributed by atoms with E-state index in [0.29, 0.717) is 29.2 Å². The van der Waals surface area contributed by atoms with Gasteiger partial charge >= 0.3 is 0 Å². The SMILES string of the molecule is Cc1cc(N[C@@H]2CCCCC2(C)F)ncc1-c1sc(C(=O)NCC(C)(C)O)nc1C(=O)N1CCC[C@@H]1C. The third-order valence-corrected chi connectivity index (χ3v) is 8.42. The topological polar surface area (TPSA) is 107 Å². The molecule has 2 amide bonds. The number of aryl methyl sites for hydroxylation is 1. The van der Waals surface area contributed by atoms with Crippen molar-refractivity contribution in [1.82, 2.24) is 20.2 Å². The van der Waals surface area contributed by atoms with Crippen molar-refractivity contribution in [3.63, 3.8) is 0 Å². The molecule has 10 heteroatoms. The van der Waals surface area contributed by atoms with E-state index in [2.05, 4.69) is 20.6 Å². The van der Waals surface area contributed by atoms with E-state index in [9.17, 15) is 14.7 Å². The van der Waals surface area contributed by atoms with Crippen LogP contribution in [-0.2, 0) is 0 Å². The molecular weight excluding hydrogens is 493 g/mol. The minimum absolute atomic E-state index is 0.0583. The van der Waals surface area contributed by atoms with E-state index in [-0.39, 0.29) is 35.2 Å². The van der Waals surface area contributed by atoms with Gasteiger partial charge in [0, 0.05) is 30.9 Å². The normalized spacial score (nSPS) is 24.2. The molecule has 8 nitrogen and oxygen atoms in total. The van der Waals surface area contributed by atoms with Gasteiger partial charge in [0.2, 0.25) is 0 Å². The summed E-state index contributed by atoms with van der Waals surface area (Å²) >= 11 is 1.14. The van der Waals surface area contributed by atoms with Gasteiger partial charge < -0.3 is 20.6 Å². The molecule has 4 rings (SSSR count). The second-order valence-corrected chi connectivity index (χ2v) is 12.3. The summed E-state index contributed by atoms with van der Waals surface area (Å²) in [6.07, 6.45) is 6.68. The summed E-state index contributed by atoms with van der Waals surface area (Å²) in [5.74, 6) is -0.0501. The van der Waals surface area contributed by atoms with Gasteiger partial charge in [0.05, 0.1) is 16.5 Å². The quantitative estimate of drug-likeness (QED) is 0.477. The Balaban J connectivity index is 1.65. The van der Waals surface area contributed by atoms with Crippen molar-refractivity contribution in [2.24, 2.45) is 0 Å². The van der Waals surface area contributed by atoms with Crippen molar-refractivity contribution in [2.45, 2.75) is 96.5 Å². The number of hydrogen-bond donors (Lipinski definition) is 3. The van der Waals surface area contributed by atoms with Crippen LogP contribution in [0.5, 0.6) is 0 Å². The van der Waals surface area contributed by atoms with Crippen molar-refractivity contribution >= 4 is 29.0 Å². The third kappa shape index (κ3) is 6.29. The molecule has 1 unspecified atom stereocenters. The van der Waals surface area contributed by atoms with Crippen LogP contribution in [-0.4, -0.2) is 68.2 Å². The molecular formula is C27H38FN5O3S. The Hall–Kier alpha value is -2.59. The summed E-state index contributed by atoms with van der Waals surface area (Å²) in [5.41, 5.74) is -0.560. The second kappa shape index (κ2) is 10.6. The van der Waals surface area contributed by atoms with Gasteiger partial charge in [-0.15, -0.1) is 11.3 Å². The lowest BCUT2D eigenvalue weighted by Gasteiger charge is -2.35. The fraction of sp³-hybridized carbons (Fsp3) is 0.630. The van der Waals surface area contributed by atoms with E-state index in [4.69, 9.17) is 0 Å². The number of pyridine rings is 1. The minimum Gasteiger partial charge on any atom is -0.389 e. The molecule has 202 valence electrons. The third-order valence-electron chi connectivity index (χ3n) is 7.33. The molecule has 1 saturated carbocycles. The maximum atomic E-state index is 15.0. The van der Waals surface area contributed by atoms with Gasteiger partial charge in [-0.2, -0.15) is 0 Å². The van der Waals surface area contributed by atoms with Crippen LogP contribution in [0, 0.1) is 6.92 Å². The molecule has 3 N–H and O–H groups in total. The van der Waals surface area contributed by atoms with Crippen LogP contribution in [0.4, 0.5) is 10.2 Å². The van der Waals surface area contributed by atoms with E-state index in [1.54, 1.807) is 31.9 Å². The second-order valence-electron chi connectivity index (χ2n) is 11.3. The Kier molecular flexibility index (Phi) is 7.90. The zero-order valence-electron chi connectivity index (χ0n) is 22.4. The first-order valence-corrected chi connectivity index (χ1v) is 13.9. The highest BCUT2D eigenvalue weighted by Crippen LogP contribution is 2.37. The van der Waals surface area contributed by atoms with Gasteiger partial charge in [0.15, 0.2) is 5.01 Å². The molecule has 1 aliphatic heterocycles. The first-order valence-electron chi connectivity index (χ1n) is 13.1. The van der Waals surface area contributed by atoms with Gasteiger partial charge in [-0.05, 0) is 71.9 Å². The smallest absolute Gasteiger partial charge is 0.280 e. The molecule has 0 bridgehead atoms. The van der Waals surface area contributed by atoms with Crippen molar-refractivity contribution in [2.75, 3.05) is 18.4 Å². The largest absolute Gasteiger partial charge is 0.389 e. The van der Waals surface area contributed by atoms with E-state index >= 15 is 4.39 Å². The highest BCUT2D eigenvalue weighted by molar-refractivity contribution is 7.17. The van der Waals surface area contributed by atoms with Crippen LogP contribution in [0.25, 0.3) is 10.4 Å². The minimum atomic E-state index is -1.29. The molecule has 3 atom stereocenters. The zero-order chi connectivity index (χ0) is 27.0. The maximum Gasteiger partial charge on any atom is 0.280 e. The monoisotopic (exact) mass is 531 g/mol. The standard InChI is InChI=1S/C27H38FN5O3S/c1-16-13-20(31-19-10-6-7-11-27(19,5)28)29-14-18(16)22-21(25(35)33-12-8-9-17(33)2)32-24(37-22)23(34)30-15-26(3,4)36/h13-14,17,19,36H,6-12,15H2,1-5H3,(H,29,31)(H,30,34)/t17-,19+,27?/m0/s1. The fourth-order valence-electron chi connectivity index (χ4n) is 5.06. The Morgan fingerprint density at radius 3 is 2.68 bits per heavy atom. The predicted molar refractivity (Wildman–Crippen MR) is 144 cm³/mol. The summed E-state index contributed by atoms with van der Waals surface area (Å²) < 4.78 is 15.0. The molecule has 37 heavy (non-hydrogen) atoms. The van der Waals surface area contributed by atoms with E-state index < -0.39 is 17.2 Å². The molecule has 2 aliphatic rings. The van der Waals surface area contributed by atoms with Gasteiger partial charge in [-0.3, -0.25) is 9.59 Å². The van der Waals surface area contributed by atoms with Crippen LogP contribution in [0.15, 0.2) is 12.3 Å².